The number of hydrogen-bond acceptors (Lipinski definition) is 5. The molecule has 1 saturated heterocycles. The number of anilines is 1. The van der Waals surface area contributed by atoms with E-state index in [9.17, 15) is 4.79 Å². The highest BCUT2D eigenvalue weighted by Gasteiger charge is 2.21. The van der Waals surface area contributed by atoms with Crippen molar-refractivity contribution in [1.82, 2.24) is 14.3 Å². The summed E-state index contributed by atoms with van der Waals surface area (Å²) in [6.45, 7) is 3.90. The normalized spacial score (nSPS) is 17.8. The fraction of sp³-hybridized carbons (Fsp3) is 0.455. The van der Waals surface area contributed by atoms with Crippen molar-refractivity contribution >= 4 is 28.4 Å². The van der Waals surface area contributed by atoms with E-state index < -0.39 is 0 Å². The molecule has 2 aromatic heterocycles. The summed E-state index contributed by atoms with van der Waals surface area (Å²) in [6, 6.07) is 0. The first-order valence-corrected chi connectivity index (χ1v) is 6.52. The Morgan fingerprint density at radius 3 is 2.82 bits per heavy atom. The molecule has 90 valence electrons. The Bertz CT molecular complexity index is 539. The molecule has 3 rings (SSSR count). The van der Waals surface area contributed by atoms with E-state index >= 15 is 0 Å². The molecule has 5 nitrogen and oxygen atoms in total. The van der Waals surface area contributed by atoms with Crippen molar-refractivity contribution in [3.63, 3.8) is 0 Å². The molecule has 0 saturated carbocycles. The fourth-order valence-electron chi connectivity index (χ4n) is 2.15. The topological polar surface area (TPSA) is 40.9 Å². The highest BCUT2D eigenvalue weighted by Crippen LogP contribution is 2.24. The molecule has 1 aliphatic rings. The molecule has 17 heavy (non-hydrogen) atoms. The van der Waals surface area contributed by atoms with Gasteiger partial charge in [-0.2, -0.15) is 0 Å². The highest BCUT2D eigenvalue weighted by molar-refractivity contribution is 7.15. The molecule has 1 fully saturated rings. The van der Waals surface area contributed by atoms with E-state index in [4.69, 9.17) is 0 Å². The third-order valence-electron chi connectivity index (χ3n) is 3.19. The molecule has 0 aliphatic carbocycles. The molecular formula is C11H14N4OS. The lowest BCUT2D eigenvalue weighted by molar-refractivity contribution is 0.111. The lowest BCUT2D eigenvalue weighted by atomic mass is 10.3. The molecule has 0 N–H and O–H groups in total. The molecule has 0 aromatic carbocycles. The van der Waals surface area contributed by atoms with Crippen LogP contribution in [0.4, 0.5) is 5.82 Å². The van der Waals surface area contributed by atoms with Crippen molar-refractivity contribution in [2.45, 2.75) is 0 Å². The Kier molecular flexibility index (Phi) is 2.60. The number of rotatable bonds is 2. The molecule has 0 atom stereocenters. The van der Waals surface area contributed by atoms with Crippen LogP contribution >= 0.6 is 11.3 Å². The zero-order valence-electron chi connectivity index (χ0n) is 9.67. The number of thiazole rings is 1. The monoisotopic (exact) mass is 250 g/mol. The number of carbonyl (C=O) groups is 1. The summed E-state index contributed by atoms with van der Waals surface area (Å²) in [7, 11) is 2.11. The number of piperazine rings is 1. The van der Waals surface area contributed by atoms with E-state index in [1.165, 1.54) is 0 Å². The maximum absolute atomic E-state index is 11.2. The van der Waals surface area contributed by atoms with Crippen molar-refractivity contribution in [1.29, 1.82) is 0 Å². The van der Waals surface area contributed by atoms with Crippen LogP contribution in [0.3, 0.4) is 0 Å². The van der Waals surface area contributed by atoms with Crippen molar-refractivity contribution < 1.29 is 4.79 Å². The second-order valence-corrected chi connectivity index (χ2v) is 5.16. The van der Waals surface area contributed by atoms with Crippen LogP contribution in [0.5, 0.6) is 0 Å². The number of fused-ring (bicyclic) bond motifs is 1. The smallest absolute Gasteiger partial charge is 0.196 e. The molecule has 3 heterocycles. The minimum absolute atomic E-state index is 0.672. The van der Waals surface area contributed by atoms with Gasteiger partial charge in [0.05, 0.1) is 0 Å². The van der Waals surface area contributed by atoms with Crippen LogP contribution in [0.2, 0.25) is 0 Å². The molecule has 0 unspecified atom stereocenters. The molecular weight excluding hydrogens is 236 g/mol. The lowest BCUT2D eigenvalue weighted by Crippen LogP contribution is -2.45. The van der Waals surface area contributed by atoms with Gasteiger partial charge in [0.15, 0.2) is 17.1 Å². The predicted molar refractivity (Wildman–Crippen MR) is 68.2 cm³/mol. The number of likely N-dealkylation sites (N-methyl/N-ethyl adjacent to an activating group) is 1. The first-order valence-electron chi connectivity index (χ1n) is 5.64. The van der Waals surface area contributed by atoms with Crippen LogP contribution in [-0.4, -0.2) is 53.8 Å². The molecule has 0 radical (unpaired) electrons. The Morgan fingerprint density at radius 2 is 2.12 bits per heavy atom. The van der Waals surface area contributed by atoms with Gasteiger partial charge in [-0.25, -0.2) is 4.98 Å². The summed E-state index contributed by atoms with van der Waals surface area (Å²) in [5.41, 5.74) is 0.672. The van der Waals surface area contributed by atoms with Gasteiger partial charge in [-0.3, -0.25) is 9.20 Å². The lowest BCUT2D eigenvalue weighted by Gasteiger charge is -2.32. The zero-order valence-corrected chi connectivity index (χ0v) is 10.5. The van der Waals surface area contributed by atoms with Gasteiger partial charge in [0.25, 0.3) is 0 Å². The first kappa shape index (κ1) is 10.7. The summed E-state index contributed by atoms with van der Waals surface area (Å²) in [5.74, 6) is 0.833. The van der Waals surface area contributed by atoms with E-state index in [0.717, 1.165) is 43.2 Å². The van der Waals surface area contributed by atoms with Crippen molar-refractivity contribution in [3.05, 3.63) is 17.3 Å². The van der Waals surface area contributed by atoms with Gasteiger partial charge < -0.3 is 9.80 Å². The van der Waals surface area contributed by atoms with Crippen LogP contribution in [0.15, 0.2) is 11.6 Å². The number of imidazole rings is 1. The molecule has 2 aromatic rings. The van der Waals surface area contributed by atoms with Gasteiger partial charge in [-0.1, -0.05) is 0 Å². The minimum Gasteiger partial charge on any atom is -0.352 e. The summed E-state index contributed by atoms with van der Waals surface area (Å²) in [4.78, 5) is 21.1. The minimum atomic E-state index is 0.672. The van der Waals surface area contributed by atoms with Crippen LogP contribution < -0.4 is 4.90 Å². The van der Waals surface area contributed by atoms with Gasteiger partial charge in [-0.15, -0.1) is 11.3 Å². The summed E-state index contributed by atoms with van der Waals surface area (Å²) in [5, 5.41) is 1.95. The number of aromatic nitrogens is 2. The van der Waals surface area contributed by atoms with E-state index in [-0.39, 0.29) is 0 Å². The first-order chi connectivity index (χ1) is 8.29. The SMILES string of the molecule is CN1CCN(c2nc3sccn3c2C=O)CC1. The Labute approximate surface area is 103 Å². The van der Waals surface area contributed by atoms with Crippen molar-refractivity contribution in [3.8, 4) is 0 Å². The molecule has 0 bridgehead atoms. The average molecular weight is 250 g/mol. The van der Waals surface area contributed by atoms with Crippen LogP contribution in [0.25, 0.3) is 4.96 Å². The number of hydrogen-bond donors (Lipinski definition) is 0. The number of nitrogens with zero attached hydrogens (tertiary/aromatic N) is 4. The third-order valence-corrected chi connectivity index (χ3v) is 3.95. The van der Waals surface area contributed by atoms with Gasteiger partial charge in [0, 0.05) is 37.8 Å². The molecule has 1 aliphatic heterocycles. The second-order valence-electron chi connectivity index (χ2n) is 4.28. The Hall–Kier alpha value is -1.40. The van der Waals surface area contributed by atoms with Gasteiger partial charge >= 0.3 is 0 Å². The Morgan fingerprint density at radius 1 is 1.35 bits per heavy atom. The van der Waals surface area contributed by atoms with E-state index in [0.29, 0.717) is 5.69 Å². The largest absolute Gasteiger partial charge is 0.352 e. The maximum Gasteiger partial charge on any atom is 0.196 e. The summed E-state index contributed by atoms with van der Waals surface area (Å²) in [6.07, 6.45) is 2.80. The van der Waals surface area contributed by atoms with Crippen molar-refractivity contribution in [2.75, 3.05) is 38.1 Å². The van der Waals surface area contributed by atoms with Gasteiger partial charge in [-0.05, 0) is 7.05 Å². The highest BCUT2D eigenvalue weighted by atomic mass is 32.1. The Balaban J connectivity index is 1.98. The maximum atomic E-state index is 11.2. The van der Waals surface area contributed by atoms with Gasteiger partial charge in [0.1, 0.15) is 5.69 Å². The average Bonchev–Trinajstić information content (AvgIpc) is 2.89. The zero-order chi connectivity index (χ0) is 11.8. The molecule has 0 spiro atoms. The standard InChI is InChI=1S/C11H14N4OS/c1-13-2-4-14(5-3-13)10-9(8-16)15-6-7-17-11(15)12-10/h6-8H,2-5H2,1H3. The quantitative estimate of drug-likeness (QED) is 0.744. The summed E-state index contributed by atoms with van der Waals surface area (Å²) < 4.78 is 1.87. The number of carbonyl (C=O) groups excluding carboxylic acids is 1. The third kappa shape index (κ3) is 1.73. The van der Waals surface area contributed by atoms with Crippen molar-refractivity contribution in [2.24, 2.45) is 0 Å². The van der Waals surface area contributed by atoms with Crippen LogP contribution in [0, 0.1) is 0 Å². The van der Waals surface area contributed by atoms with Gasteiger partial charge in [0.2, 0.25) is 0 Å². The molecule has 6 heteroatoms. The van der Waals surface area contributed by atoms with E-state index in [1.54, 1.807) is 11.3 Å². The summed E-state index contributed by atoms with van der Waals surface area (Å²) >= 11 is 1.56. The predicted octanol–water partition coefficient (Wildman–Crippen LogP) is 0.960. The molecule has 0 amide bonds. The van der Waals surface area contributed by atoms with Crippen LogP contribution in [0.1, 0.15) is 10.5 Å². The number of aldehydes is 1. The van der Waals surface area contributed by atoms with E-state index in [1.807, 2.05) is 16.0 Å². The second kappa shape index (κ2) is 4.12. The van der Waals surface area contributed by atoms with E-state index in [2.05, 4.69) is 21.8 Å². The van der Waals surface area contributed by atoms with Crippen LogP contribution in [-0.2, 0) is 0 Å². The fourth-order valence-corrected chi connectivity index (χ4v) is 2.87.